The van der Waals surface area contributed by atoms with Gasteiger partial charge in [0.1, 0.15) is 0 Å². The van der Waals surface area contributed by atoms with Gasteiger partial charge in [0.05, 0.1) is 4.90 Å². The van der Waals surface area contributed by atoms with Gasteiger partial charge in [0.2, 0.25) is 5.91 Å². The molecule has 0 spiro atoms. The predicted molar refractivity (Wildman–Crippen MR) is 141 cm³/mol. The van der Waals surface area contributed by atoms with Crippen molar-refractivity contribution < 1.29 is 18.0 Å². The molecule has 0 atom stereocenters. The minimum atomic E-state index is -3.75. The van der Waals surface area contributed by atoms with Gasteiger partial charge in [-0.3, -0.25) is 14.3 Å². The van der Waals surface area contributed by atoms with Crippen LogP contribution in [0, 0.1) is 5.92 Å². The Hall–Kier alpha value is -3.69. The Labute approximate surface area is 211 Å². The number of rotatable bonds is 8. The molecule has 1 fully saturated rings. The largest absolute Gasteiger partial charge is 0.328 e. The van der Waals surface area contributed by atoms with E-state index in [0.717, 1.165) is 25.7 Å². The molecule has 8 nitrogen and oxygen atoms in total. The van der Waals surface area contributed by atoms with Crippen LogP contribution >= 0.6 is 0 Å². The van der Waals surface area contributed by atoms with Crippen molar-refractivity contribution in [3.63, 3.8) is 0 Å². The number of benzene rings is 3. The Kier molecular flexibility index (Phi) is 8.02. The Morgan fingerprint density at radius 3 is 2.14 bits per heavy atom. The molecule has 1 aliphatic carbocycles. The summed E-state index contributed by atoms with van der Waals surface area (Å²) in [4.78, 5) is 25.3. The fourth-order valence-corrected chi connectivity index (χ4v) is 5.30. The summed E-state index contributed by atoms with van der Waals surface area (Å²) in [7, 11) is -3.75. The van der Waals surface area contributed by atoms with Gasteiger partial charge in [0.25, 0.3) is 15.9 Å². The summed E-state index contributed by atoms with van der Waals surface area (Å²) >= 11 is 0. The lowest BCUT2D eigenvalue weighted by atomic mass is 9.84. The van der Waals surface area contributed by atoms with Gasteiger partial charge < -0.3 is 16.4 Å². The number of anilines is 3. The van der Waals surface area contributed by atoms with Crippen molar-refractivity contribution in [2.45, 2.75) is 43.0 Å². The van der Waals surface area contributed by atoms with Crippen LogP contribution in [0.4, 0.5) is 17.1 Å². The van der Waals surface area contributed by atoms with Gasteiger partial charge in [0, 0.05) is 35.1 Å². The molecule has 9 heteroatoms. The molecule has 188 valence electrons. The number of hydrogen-bond donors (Lipinski definition) is 4. The van der Waals surface area contributed by atoms with Crippen LogP contribution in [0.1, 0.15) is 42.5 Å². The number of nitrogens with two attached hydrogens (primary N) is 1. The molecule has 36 heavy (non-hydrogen) atoms. The van der Waals surface area contributed by atoms with Gasteiger partial charge in [-0.15, -0.1) is 0 Å². The summed E-state index contributed by atoms with van der Waals surface area (Å²) in [6.45, 7) is 0. The molecule has 3 aromatic rings. The highest BCUT2D eigenvalue weighted by atomic mass is 32.2. The van der Waals surface area contributed by atoms with Crippen molar-refractivity contribution >= 4 is 38.9 Å². The summed E-state index contributed by atoms with van der Waals surface area (Å²) in [6.07, 6.45) is 4.25. The zero-order valence-corrected chi connectivity index (χ0v) is 20.6. The molecule has 0 radical (unpaired) electrons. The number of nitrogens with one attached hydrogen (secondary N) is 3. The van der Waals surface area contributed by atoms with Crippen molar-refractivity contribution in [2.24, 2.45) is 11.7 Å². The van der Waals surface area contributed by atoms with Gasteiger partial charge in [-0.25, -0.2) is 8.42 Å². The highest BCUT2D eigenvalue weighted by molar-refractivity contribution is 7.92. The van der Waals surface area contributed by atoms with Gasteiger partial charge in [-0.2, -0.15) is 0 Å². The zero-order chi connectivity index (χ0) is 25.5. The van der Waals surface area contributed by atoms with Gasteiger partial charge in [-0.05, 0) is 86.2 Å². The van der Waals surface area contributed by atoms with E-state index in [1.165, 1.54) is 24.3 Å². The van der Waals surface area contributed by atoms with E-state index in [9.17, 15) is 18.0 Å². The van der Waals surface area contributed by atoms with Gasteiger partial charge in [0.15, 0.2) is 0 Å². The molecule has 4 rings (SSSR count). The second kappa shape index (κ2) is 11.4. The van der Waals surface area contributed by atoms with Crippen LogP contribution in [0.2, 0.25) is 0 Å². The maximum atomic E-state index is 12.8. The van der Waals surface area contributed by atoms with Crippen LogP contribution in [0.5, 0.6) is 0 Å². The summed E-state index contributed by atoms with van der Waals surface area (Å²) in [6, 6.07) is 21.5. The molecule has 0 bridgehead atoms. The molecule has 2 amide bonds. The first-order valence-corrected chi connectivity index (χ1v) is 13.4. The number of carbonyl (C=O) groups is 2. The molecule has 0 aromatic heterocycles. The topological polar surface area (TPSA) is 130 Å². The van der Waals surface area contributed by atoms with Crippen LogP contribution in [0.15, 0.2) is 83.8 Å². The third-order valence-electron chi connectivity index (χ3n) is 6.22. The SMILES string of the molecule is N[C@H]1CC[C@@H](CC(=O)Nc2cccc(C(=O)Nc3ccc(S(=O)(=O)Nc4ccccc4)cc3)c2)CC1. The molecular formula is C27H30N4O4S. The maximum absolute atomic E-state index is 12.8. The molecule has 1 saturated carbocycles. The summed E-state index contributed by atoms with van der Waals surface area (Å²) in [5, 5.41) is 5.64. The van der Waals surface area contributed by atoms with Gasteiger partial charge >= 0.3 is 0 Å². The van der Waals surface area contributed by atoms with Crippen molar-refractivity contribution in [2.75, 3.05) is 15.4 Å². The number of para-hydroxylation sites is 1. The Morgan fingerprint density at radius 1 is 0.778 bits per heavy atom. The molecule has 3 aromatic carbocycles. The quantitative estimate of drug-likeness (QED) is 0.355. The van der Waals surface area contributed by atoms with Crippen molar-refractivity contribution in [1.29, 1.82) is 0 Å². The van der Waals surface area contributed by atoms with Crippen molar-refractivity contribution in [3.8, 4) is 0 Å². The second-order valence-electron chi connectivity index (χ2n) is 9.06. The van der Waals surface area contributed by atoms with E-state index in [1.54, 1.807) is 54.6 Å². The smallest absolute Gasteiger partial charge is 0.261 e. The summed E-state index contributed by atoms with van der Waals surface area (Å²) in [5.74, 6) is -0.106. The standard InChI is InChI=1S/C27H30N4O4S/c28-21-11-9-19(10-12-21)17-26(32)29-24-8-4-5-20(18-24)27(33)30-22-13-15-25(16-14-22)36(34,35)31-23-6-2-1-3-7-23/h1-8,13-16,18-19,21,31H,9-12,17,28H2,(H,29,32)(H,30,33)/t19-,21+. The number of carbonyl (C=O) groups excluding carboxylic acids is 2. The Balaban J connectivity index is 1.34. The van der Waals surface area contributed by atoms with Crippen molar-refractivity contribution in [3.05, 3.63) is 84.4 Å². The lowest BCUT2D eigenvalue weighted by Gasteiger charge is -2.25. The zero-order valence-electron chi connectivity index (χ0n) is 19.8. The van der Waals surface area contributed by atoms with E-state index >= 15 is 0 Å². The van der Waals surface area contributed by atoms with Crippen LogP contribution in [0.3, 0.4) is 0 Å². The highest BCUT2D eigenvalue weighted by Crippen LogP contribution is 2.26. The van der Waals surface area contributed by atoms with Crippen LogP contribution in [-0.4, -0.2) is 26.3 Å². The maximum Gasteiger partial charge on any atom is 0.261 e. The fraction of sp³-hybridized carbons (Fsp3) is 0.259. The summed E-state index contributed by atoms with van der Waals surface area (Å²) < 4.78 is 27.7. The Bertz CT molecular complexity index is 1300. The monoisotopic (exact) mass is 506 g/mol. The Morgan fingerprint density at radius 2 is 1.44 bits per heavy atom. The molecule has 0 heterocycles. The second-order valence-corrected chi connectivity index (χ2v) is 10.7. The van der Waals surface area contributed by atoms with Gasteiger partial charge in [-0.1, -0.05) is 24.3 Å². The third-order valence-corrected chi connectivity index (χ3v) is 7.62. The normalized spacial score (nSPS) is 17.7. The molecule has 5 N–H and O–H groups in total. The number of amides is 2. The molecule has 1 aliphatic rings. The lowest BCUT2D eigenvalue weighted by Crippen LogP contribution is -2.28. The average Bonchev–Trinajstić information content (AvgIpc) is 2.86. The average molecular weight is 507 g/mol. The lowest BCUT2D eigenvalue weighted by molar-refractivity contribution is -0.117. The van der Waals surface area contributed by atoms with E-state index in [2.05, 4.69) is 15.4 Å². The third kappa shape index (κ3) is 6.93. The summed E-state index contributed by atoms with van der Waals surface area (Å²) in [5.41, 5.74) is 7.77. The van der Waals surface area contributed by atoms with Crippen molar-refractivity contribution in [1.82, 2.24) is 0 Å². The minimum absolute atomic E-state index is 0.0751. The highest BCUT2D eigenvalue weighted by Gasteiger charge is 2.21. The molecule has 0 aliphatic heterocycles. The van der Waals surface area contributed by atoms with Crippen LogP contribution in [-0.2, 0) is 14.8 Å². The first-order valence-electron chi connectivity index (χ1n) is 11.9. The fourth-order valence-electron chi connectivity index (χ4n) is 4.25. The van der Waals surface area contributed by atoms with E-state index in [4.69, 9.17) is 5.73 Å². The molecular weight excluding hydrogens is 476 g/mol. The first-order chi connectivity index (χ1) is 17.3. The number of hydrogen-bond acceptors (Lipinski definition) is 5. The first kappa shape index (κ1) is 25.4. The minimum Gasteiger partial charge on any atom is -0.328 e. The number of sulfonamides is 1. The van der Waals surface area contributed by atoms with Crippen LogP contribution in [0.25, 0.3) is 0 Å². The molecule has 0 unspecified atom stereocenters. The van der Waals surface area contributed by atoms with E-state index in [1.807, 2.05) is 0 Å². The molecule has 0 saturated heterocycles. The van der Waals surface area contributed by atoms with Crippen LogP contribution < -0.4 is 21.1 Å². The van der Waals surface area contributed by atoms with E-state index in [0.29, 0.717) is 35.0 Å². The van der Waals surface area contributed by atoms with E-state index < -0.39 is 10.0 Å². The van der Waals surface area contributed by atoms with E-state index in [-0.39, 0.29) is 22.8 Å². The predicted octanol–water partition coefficient (Wildman–Crippen LogP) is 4.59.